The number of urea groups is 1. The number of amides is 5. The van der Waals surface area contributed by atoms with E-state index in [-0.39, 0.29) is 36.7 Å². The van der Waals surface area contributed by atoms with Gasteiger partial charge in [0, 0.05) is 24.2 Å². The van der Waals surface area contributed by atoms with Crippen molar-refractivity contribution in [3.05, 3.63) is 52.5 Å². The molecule has 5 amide bonds. The number of thiazole rings is 1. The summed E-state index contributed by atoms with van der Waals surface area (Å²) in [7, 11) is 1.62. The van der Waals surface area contributed by atoms with E-state index >= 15 is 0 Å². The molecule has 2 fully saturated rings. The third-order valence-corrected chi connectivity index (χ3v) is 8.85. The monoisotopic (exact) mass is 533 g/mol. The Kier molecular flexibility index (Phi) is 5.82. The number of imide groups is 1. The zero-order valence-corrected chi connectivity index (χ0v) is 21.8. The minimum absolute atomic E-state index is 0.199. The van der Waals surface area contributed by atoms with Crippen LogP contribution in [0.5, 0.6) is 5.75 Å². The van der Waals surface area contributed by atoms with E-state index in [1.165, 1.54) is 4.90 Å². The summed E-state index contributed by atoms with van der Waals surface area (Å²) in [6.07, 6.45) is 2.50. The maximum absolute atomic E-state index is 13.2. The standard InChI is InChI=1S/C27H27N5O5S/c1-27(15-6-7-15,25-30-22-19(37-2)4-3-5-20(22)38-25)31-26(36)28-16-8-9-17-14(12-16)13-32(24(17)35)18-10-11-21(33)29-23(18)34/h3-5,8-9,12,15,18H,6-7,10-11,13H2,1-2H3,(H2,28,31,36)(H,29,33,34)/t18?,27-/m1/s1. The number of nitrogens with one attached hydrogen (secondary N) is 3. The number of hydrogen-bond acceptors (Lipinski definition) is 7. The van der Waals surface area contributed by atoms with Crippen molar-refractivity contribution in [2.75, 3.05) is 12.4 Å². The summed E-state index contributed by atoms with van der Waals surface area (Å²) < 4.78 is 6.47. The topological polar surface area (TPSA) is 130 Å². The van der Waals surface area contributed by atoms with Gasteiger partial charge in [-0.25, -0.2) is 9.78 Å². The lowest BCUT2D eigenvalue weighted by molar-refractivity contribution is -0.136. The third kappa shape index (κ3) is 4.16. The zero-order chi connectivity index (χ0) is 26.6. The fourth-order valence-corrected chi connectivity index (χ4v) is 6.52. The molecule has 1 aliphatic carbocycles. The lowest BCUT2D eigenvalue weighted by Crippen LogP contribution is -2.52. The first-order valence-electron chi connectivity index (χ1n) is 12.6. The number of piperidine rings is 1. The van der Waals surface area contributed by atoms with Crippen molar-refractivity contribution >= 4 is 51.0 Å². The lowest BCUT2D eigenvalue weighted by atomic mass is 9.97. The molecule has 10 nitrogen and oxygen atoms in total. The SMILES string of the molecule is COc1cccc2sc([C@](C)(NC(=O)Nc3ccc4c(c3)CN(C3CCC(=O)NC3=O)C4=O)C3CC3)nc12. The molecule has 3 heterocycles. The Balaban J connectivity index is 1.19. The van der Waals surface area contributed by atoms with E-state index in [1.54, 1.807) is 36.6 Å². The summed E-state index contributed by atoms with van der Waals surface area (Å²) in [6.45, 7) is 2.25. The number of ether oxygens (including phenoxy) is 1. The van der Waals surface area contributed by atoms with Gasteiger partial charge in [-0.1, -0.05) is 6.07 Å². The summed E-state index contributed by atoms with van der Waals surface area (Å²) in [6, 6.07) is 9.86. The van der Waals surface area contributed by atoms with E-state index in [4.69, 9.17) is 9.72 Å². The van der Waals surface area contributed by atoms with E-state index in [0.29, 0.717) is 23.4 Å². The summed E-state index contributed by atoms with van der Waals surface area (Å²) in [5.41, 5.74) is 1.90. The van der Waals surface area contributed by atoms with Gasteiger partial charge in [0.2, 0.25) is 11.8 Å². The van der Waals surface area contributed by atoms with E-state index in [1.807, 2.05) is 25.1 Å². The quantitative estimate of drug-likeness (QED) is 0.416. The Hall–Kier alpha value is -3.99. The van der Waals surface area contributed by atoms with E-state index in [9.17, 15) is 19.2 Å². The molecule has 2 aliphatic heterocycles. The van der Waals surface area contributed by atoms with Gasteiger partial charge in [-0.15, -0.1) is 11.3 Å². The van der Waals surface area contributed by atoms with Crippen molar-refractivity contribution in [2.45, 2.75) is 50.7 Å². The van der Waals surface area contributed by atoms with Crippen LogP contribution in [0.3, 0.4) is 0 Å². The van der Waals surface area contributed by atoms with E-state index in [2.05, 4.69) is 16.0 Å². The normalized spacial score (nSPS) is 20.6. The summed E-state index contributed by atoms with van der Waals surface area (Å²) in [5, 5.41) is 9.20. The molecular weight excluding hydrogens is 506 g/mol. The second-order valence-electron chi connectivity index (χ2n) is 10.2. The fourth-order valence-electron chi connectivity index (χ4n) is 5.35. The number of methoxy groups -OCH3 is 1. The highest BCUT2D eigenvalue weighted by Gasteiger charge is 2.46. The number of nitrogens with zero attached hydrogens (tertiary/aromatic N) is 2. The summed E-state index contributed by atoms with van der Waals surface area (Å²) >= 11 is 1.55. The number of aromatic nitrogens is 1. The van der Waals surface area contributed by atoms with Gasteiger partial charge in [-0.05, 0) is 68.0 Å². The summed E-state index contributed by atoms with van der Waals surface area (Å²) in [5.74, 6) is -0.0488. The molecule has 196 valence electrons. The number of rotatable bonds is 6. The average molecular weight is 534 g/mol. The molecule has 2 aromatic carbocycles. The van der Waals surface area contributed by atoms with Gasteiger partial charge in [0.25, 0.3) is 5.91 Å². The molecular formula is C27H27N5O5S. The van der Waals surface area contributed by atoms with Gasteiger partial charge in [-0.3, -0.25) is 19.7 Å². The van der Waals surface area contributed by atoms with Gasteiger partial charge >= 0.3 is 6.03 Å². The van der Waals surface area contributed by atoms with Crippen molar-refractivity contribution in [3.8, 4) is 5.75 Å². The molecule has 38 heavy (non-hydrogen) atoms. The number of carbonyl (C=O) groups is 4. The van der Waals surface area contributed by atoms with Gasteiger partial charge in [-0.2, -0.15) is 0 Å². The van der Waals surface area contributed by atoms with Crippen LogP contribution in [0.25, 0.3) is 10.2 Å². The second kappa shape index (κ2) is 9.09. The zero-order valence-electron chi connectivity index (χ0n) is 21.0. The number of anilines is 1. The Bertz CT molecular complexity index is 1500. The van der Waals surface area contributed by atoms with E-state index in [0.717, 1.165) is 33.6 Å². The van der Waals surface area contributed by atoms with Gasteiger partial charge in [0.1, 0.15) is 22.3 Å². The molecule has 1 unspecified atom stereocenters. The highest BCUT2D eigenvalue weighted by atomic mass is 32.1. The van der Waals surface area contributed by atoms with Gasteiger partial charge in [0.15, 0.2) is 0 Å². The minimum Gasteiger partial charge on any atom is -0.494 e. The first-order valence-corrected chi connectivity index (χ1v) is 13.4. The van der Waals surface area contributed by atoms with Crippen LogP contribution in [0.1, 0.15) is 53.5 Å². The molecule has 0 bridgehead atoms. The van der Waals surface area contributed by atoms with Crippen molar-refractivity contribution in [2.24, 2.45) is 5.92 Å². The average Bonchev–Trinajstić information content (AvgIpc) is 3.58. The smallest absolute Gasteiger partial charge is 0.320 e. The van der Waals surface area contributed by atoms with Crippen LogP contribution in [0.4, 0.5) is 10.5 Å². The maximum atomic E-state index is 13.2. The molecule has 6 rings (SSSR count). The highest BCUT2D eigenvalue weighted by Crippen LogP contribution is 2.48. The Morgan fingerprint density at radius 1 is 1.18 bits per heavy atom. The number of para-hydroxylation sites is 1. The van der Waals surface area contributed by atoms with Crippen LogP contribution in [-0.2, 0) is 21.7 Å². The molecule has 1 saturated carbocycles. The third-order valence-electron chi connectivity index (χ3n) is 7.59. The van der Waals surface area contributed by atoms with Crippen LogP contribution in [0, 0.1) is 5.92 Å². The lowest BCUT2D eigenvalue weighted by Gasteiger charge is -2.29. The molecule has 3 aromatic rings. The van der Waals surface area contributed by atoms with Crippen LogP contribution in [-0.4, -0.2) is 46.8 Å². The largest absolute Gasteiger partial charge is 0.494 e. The molecule has 3 N–H and O–H groups in total. The first kappa shape index (κ1) is 24.4. The van der Waals surface area contributed by atoms with Crippen molar-refractivity contribution in [1.29, 1.82) is 0 Å². The number of benzene rings is 2. The molecule has 11 heteroatoms. The molecule has 0 radical (unpaired) electrons. The Morgan fingerprint density at radius 3 is 2.74 bits per heavy atom. The second-order valence-corrected chi connectivity index (χ2v) is 11.2. The molecule has 2 atom stereocenters. The van der Waals surface area contributed by atoms with Crippen molar-refractivity contribution in [1.82, 2.24) is 20.5 Å². The molecule has 1 aromatic heterocycles. The van der Waals surface area contributed by atoms with E-state index < -0.39 is 17.5 Å². The number of hydrogen-bond donors (Lipinski definition) is 3. The van der Waals surface area contributed by atoms with Crippen molar-refractivity contribution < 1.29 is 23.9 Å². The highest BCUT2D eigenvalue weighted by molar-refractivity contribution is 7.18. The van der Waals surface area contributed by atoms with Crippen LogP contribution in [0.2, 0.25) is 0 Å². The van der Waals surface area contributed by atoms with Crippen LogP contribution in [0.15, 0.2) is 36.4 Å². The van der Waals surface area contributed by atoms with Crippen molar-refractivity contribution in [3.63, 3.8) is 0 Å². The Morgan fingerprint density at radius 2 is 2.00 bits per heavy atom. The molecule has 0 spiro atoms. The van der Waals surface area contributed by atoms with Crippen LogP contribution < -0.4 is 20.7 Å². The van der Waals surface area contributed by atoms with Crippen LogP contribution >= 0.6 is 11.3 Å². The fraction of sp³-hybridized carbons (Fsp3) is 0.370. The predicted octanol–water partition coefficient (Wildman–Crippen LogP) is 3.51. The first-order chi connectivity index (χ1) is 18.3. The molecule has 1 saturated heterocycles. The minimum atomic E-state index is -0.681. The van der Waals surface area contributed by atoms with Gasteiger partial charge in [0.05, 0.1) is 17.3 Å². The number of fused-ring (bicyclic) bond motifs is 2. The maximum Gasteiger partial charge on any atom is 0.320 e. The Labute approximate surface area is 222 Å². The molecule has 3 aliphatic rings. The summed E-state index contributed by atoms with van der Waals surface area (Å²) in [4.78, 5) is 56.3. The number of carbonyl (C=O) groups excluding carboxylic acids is 4. The van der Waals surface area contributed by atoms with Gasteiger partial charge < -0.3 is 20.3 Å². The predicted molar refractivity (Wildman–Crippen MR) is 141 cm³/mol.